The normalized spacial score (nSPS) is 10.4. The fourth-order valence-corrected chi connectivity index (χ4v) is 3.08. The summed E-state index contributed by atoms with van der Waals surface area (Å²) in [6.07, 6.45) is 2.81. The van der Waals surface area contributed by atoms with E-state index in [4.69, 9.17) is 4.74 Å². The SMILES string of the molecule is CCCCOc1ccc(C(=O)Nc2ccccc2C(=O)NCCc2ccccc2)cc1. The Kier molecular flexibility index (Phi) is 8.23. The summed E-state index contributed by atoms with van der Waals surface area (Å²) in [6.45, 7) is 3.29. The van der Waals surface area contributed by atoms with Crippen LogP contribution in [0.4, 0.5) is 5.69 Å². The second kappa shape index (κ2) is 11.6. The number of para-hydroxylation sites is 1. The first-order chi connectivity index (χ1) is 15.2. The van der Waals surface area contributed by atoms with Crippen molar-refractivity contribution in [3.63, 3.8) is 0 Å². The van der Waals surface area contributed by atoms with E-state index >= 15 is 0 Å². The molecule has 3 aromatic carbocycles. The smallest absolute Gasteiger partial charge is 0.255 e. The molecule has 160 valence electrons. The van der Waals surface area contributed by atoms with Crippen LogP contribution < -0.4 is 15.4 Å². The van der Waals surface area contributed by atoms with Gasteiger partial charge >= 0.3 is 0 Å². The summed E-state index contributed by atoms with van der Waals surface area (Å²) in [7, 11) is 0. The molecular formula is C26H28N2O3. The third-order valence-corrected chi connectivity index (χ3v) is 4.85. The summed E-state index contributed by atoms with van der Waals surface area (Å²) in [4.78, 5) is 25.3. The molecular weight excluding hydrogens is 388 g/mol. The zero-order chi connectivity index (χ0) is 21.9. The first-order valence-corrected chi connectivity index (χ1v) is 10.6. The molecule has 5 nitrogen and oxygen atoms in total. The van der Waals surface area contributed by atoms with Crippen molar-refractivity contribution in [1.82, 2.24) is 5.32 Å². The number of rotatable bonds is 10. The highest BCUT2D eigenvalue weighted by Gasteiger charge is 2.14. The summed E-state index contributed by atoms with van der Waals surface area (Å²) in [6, 6.07) is 24.0. The summed E-state index contributed by atoms with van der Waals surface area (Å²) < 4.78 is 5.63. The van der Waals surface area contributed by atoms with Crippen LogP contribution in [-0.2, 0) is 6.42 Å². The van der Waals surface area contributed by atoms with Gasteiger partial charge in [0.15, 0.2) is 0 Å². The monoisotopic (exact) mass is 416 g/mol. The van der Waals surface area contributed by atoms with Crippen molar-refractivity contribution in [2.24, 2.45) is 0 Å². The van der Waals surface area contributed by atoms with E-state index in [2.05, 4.69) is 17.6 Å². The topological polar surface area (TPSA) is 67.4 Å². The Morgan fingerprint density at radius 3 is 2.29 bits per heavy atom. The molecule has 0 radical (unpaired) electrons. The van der Waals surface area contributed by atoms with Gasteiger partial charge in [-0.25, -0.2) is 0 Å². The Hall–Kier alpha value is -3.60. The van der Waals surface area contributed by atoms with Gasteiger partial charge in [-0.15, -0.1) is 0 Å². The zero-order valence-electron chi connectivity index (χ0n) is 17.8. The van der Waals surface area contributed by atoms with Gasteiger partial charge in [0, 0.05) is 12.1 Å². The second-order valence-corrected chi connectivity index (χ2v) is 7.22. The number of carbonyl (C=O) groups is 2. The van der Waals surface area contributed by atoms with Crippen molar-refractivity contribution >= 4 is 17.5 Å². The first-order valence-electron chi connectivity index (χ1n) is 10.6. The lowest BCUT2D eigenvalue weighted by atomic mass is 10.1. The molecule has 0 saturated carbocycles. The molecule has 0 unspecified atom stereocenters. The van der Waals surface area contributed by atoms with E-state index in [1.54, 1.807) is 48.5 Å². The number of benzene rings is 3. The lowest BCUT2D eigenvalue weighted by Gasteiger charge is -2.12. The molecule has 0 spiro atoms. The van der Waals surface area contributed by atoms with Crippen LogP contribution in [0, 0.1) is 0 Å². The van der Waals surface area contributed by atoms with Crippen LogP contribution in [0.15, 0.2) is 78.9 Å². The quantitative estimate of drug-likeness (QED) is 0.452. The maximum atomic E-state index is 12.7. The molecule has 5 heteroatoms. The standard InChI is InChI=1S/C26H28N2O3/c1-2-3-19-31-22-15-13-21(14-16-22)25(29)28-24-12-8-7-11-23(24)26(30)27-18-17-20-9-5-4-6-10-20/h4-16H,2-3,17-19H2,1H3,(H,27,30)(H,28,29). The minimum Gasteiger partial charge on any atom is -0.494 e. The highest BCUT2D eigenvalue weighted by atomic mass is 16.5. The van der Waals surface area contributed by atoms with Gasteiger partial charge in [-0.05, 0) is 54.8 Å². The van der Waals surface area contributed by atoms with E-state index in [9.17, 15) is 9.59 Å². The lowest BCUT2D eigenvalue weighted by molar-refractivity contribution is 0.0955. The highest BCUT2D eigenvalue weighted by molar-refractivity contribution is 6.09. The summed E-state index contributed by atoms with van der Waals surface area (Å²) in [5, 5.41) is 5.77. The molecule has 0 fully saturated rings. The fraction of sp³-hybridized carbons (Fsp3) is 0.231. The number of ether oxygens (including phenoxy) is 1. The van der Waals surface area contributed by atoms with Crippen molar-refractivity contribution in [2.75, 3.05) is 18.5 Å². The minimum absolute atomic E-state index is 0.216. The number of hydrogen-bond acceptors (Lipinski definition) is 3. The van der Waals surface area contributed by atoms with Crippen molar-refractivity contribution in [1.29, 1.82) is 0 Å². The van der Waals surface area contributed by atoms with Crippen molar-refractivity contribution < 1.29 is 14.3 Å². The van der Waals surface area contributed by atoms with E-state index in [1.807, 2.05) is 30.3 Å². The summed E-state index contributed by atoms with van der Waals surface area (Å²) in [5.41, 5.74) is 2.57. The third-order valence-electron chi connectivity index (χ3n) is 4.85. The molecule has 3 aromatic rings. The van der Waals surface area contributed by atoms with Gasteiger partial charge in [0.2, 0.25) is 0 Å². The van der Waals surface area contributed by atoms with Gasteiger partial charge in [0.05, 0.1) is 17.9 Å². The van der Waals surface area contributed by atoms with Crippen LogP contribution in [0.1, 0.15) is 46.0 Å². The maximum Gasteiger partial charge on any atom is 0.255 e. The van der Waals surface area contributed by atoms with E-state index < -0.39 is 0 Å². The molecule has 0 atom stereocenters. The Labute approximate surface area is 183 Å². The predicted molar refractivity (Wildman–Crippen MR) is 124 cm³/mol. The number of carbonyl (C=O) groups excluding carboxylic acids is 2. The van der Waals surface area contributed by atoms with Gasteiger partial charge in [-0.3, -0.25) is 9.59 Å². The van der Waals surface area contributed by atoms with Gasteiger partial charge in [-0.1, -0.05) is 55.8 Å². The molecule has 0 bridgehead atoms. The van der Waals surface area contributed by atoms with Crippen molar-refractivity contribution in [2.45, 2.75) is 26.2 Å². The fourth-order valence-electron chi connectivity index (χ4n) is 3.08. The van der Waals surface area contributed by atoms with Gasteiger partial charge in [0.1, 0.15) is 5.75 Å². The largest absolute Gasteiger partial charge is 0.494 e. The van der Waals surface area contributed by atoms with Crippen LogP contribution in [0.2, 0.25) is 0 Å². The molecule has 31 heavy (non-hydrogen) atoms. The number of amides is 2. The molecule has 3 rings (SSSR count). The number of nitrogens with one attached hydrogen (secondary N) is 2. The zero-order valence-corrected chi connectivity index (χ0v) is 17.8. The van der Waals surface area contributed by atoms with E-state index in [0.717, 1.165) is 30.6 Å². The molecule has 0 saturated heterocycles. The Morgan fingerprint density at radius 1 is 0.839 bits per heavy atom. The van der Waals surface area contributed by atoms with Crippen LogP contribution >= 0.6 is 0 Å². The minimum atomic E-state index is -0.273. The van der Waals surface area contributed by atoms with Crippen LogP contribution in [0.25, 0.3) is 0 Å². The molecule has 0 aliphatic heterocycles. The van der Waals surface area contributed by atoms with Crippen molar-refractivity contribution in [3.05, 3.63) is 95.6 Å². The number of hydrogen-bond donors (Lipinski definition) is 2. The first kappa shape index (κ1) is 22.1. The van der Waals surface area contributed by atoms with Crippen molar-refractivity contribution in [3.8, 4) is 5.75 Å². The number of unbranched alkanes of at least 4 members (excludes halogenated alkanes) is 1. The Balaban J connectivity index is 1.59. The highest BCUT2D eigenvalue weighted by Crippen LogP contribution is 2.18. The van der Waals surface area contributed by atoms with Gasteiger partial charge in [-0.2, -0.15) is 0 Å². The van der Waals surface area contributed by atoms with E-state index in [1.165, 1.54) is 0 Å². The maximum absolute atomic E-state index is 12.7. The Morgan fingerprint density at radius 2 is 1.55 bits per heavy atom. The average Bonchev–Trinajstić information content (AvgIpc) is 2.80. The second-order valence-electron chi connectivity index (χ2n) is 7.22. The molecule has 0 heterocycles. The number of anilines is 1. The average molecular weight is 417 g/mol. The summed E-state index contributed by atoms with van der Waals surface area (Å²) >= 11 is 0. The lowest BCUT2D eigenvalue weighted by Crippen LogP contribution is -2.27. The summed E-state index contributed by atoms with van der Waals surface area (Å²) in [5.74, 6) is 0.249. The van der Waals surface area contributed by atoms with E-state index in [-0.39, 0.29) is 11.8 Å². The van der Waals surface area contributed by atoms with E-state index in [0.29, 0.717) is 30.0 Å². The molecule has 2 amide bonds. The third kappa shape index (κ3) is 6.71. The van der Waals surface area contributed by atoms with Crippen LogP contribution in [0.5, 0.6) is 5.75 Å². The van der Waals surface area contributed by atoms with Gasteiger partial charge < -0.3 is 15.4 Å². The van der Waals surface area contributed by atoms with Gasteiger partial charge in [0.25, 0.3) is 11.8 Å². The predicted octanol–water partition coefficient (Wildman–Crippen LogP) is 5.09. The molecule has 0 aliphatic rings. The Bertz CT molecular complexity index is 985. The van der Waals surface area contributed by atoms with Crippen LogP contribution in [-0.4, -0.2) is 25.0 Å². The molecule has 2 N–H and O–H groups in total. The molecule has 0 aromatic heterocycles. The molecule has 0 aliphatic carbocycles. The van der Waals surface area contributed by atoms with Crippen LogP contribution in [0.3, 0.4) is 0 Å².